The van der Waals surface area contributed by atoms with Crippen molar-refractivity contribution in [1.29, 1.82) is 0 Å². The Bertz CT molecular complexity index is 856. The van der Waals surface area contributed by atoms with E-state index in [2.05, 4.69) is 9.88 Å². The summed E-state index contributed by atoms with van der Waals surface area (Å²) < 4.78 is 33.8. The number of aromatic nitrogens is 2. The van der Waals surface area contributed by atoms with Crippen LogP contribution in [-0.4, -0.2) is 43.0 Å². The molecular formula is C15H22N4O4S. The summed E-state index contributed by atoms with van der Waals surface area (Å²) in [6, 6.07) is 2.87. The molecule has 0 aromatic carbocycles. The summed E-state index contributed by atoms with van der Waals surface area (Å²) in [6.07, 6.45) is 1.38. The number of hydrogen-bond acceptors (Lipinski definition) is 5. The van der Waals surface area contributed by atoms with Crippen LogP contribution in [-0.2, 0) is 22.5 Å². The lowest BCUT2D eigenvalue weighted by atomic mass is 9.92. The van der Waals surface area contributed by atoms with E-state index >= 15 is 0 Å². The fourth-order valence-corrected chi connectivity index (χ4v) is 3.03. The van der Waals surface area contributed by atoms with Crippen LogP contribution < -0.4 is 4.72 Å². The second kappa shape index (κ2) is 5.97. The molecule has 0 aliphatic rings. The van der Waals surface area contributed by atoms with Gasteiger partial charge in [0.15, 0.2) is 0 Å². The van der Waals surface area contributed by atoms with E-state index in [9.17, 15) is 13.2 Å². The predicted octanol–water partition coefficient (Wildman–Crippen LogP) is 1.81. The van der Waals surface area contributed by atoms with Gasteiger partial charge in [0.2, 0.25) is 5.88 Å². The van der Waals surface area contributed by atoms with Crippen molar-refractivity contribution in [2.75, 3.05) is 18.8 Å². The Hall–Kier alpha value is -2.29. The van der Waals surface area contributed by atoms with E-state index in [1.165, 1.54) is 21.7 Å². The predicted molar refractivity (Wildman–Crippen MR) is 89.4 cm³/mol. The zero-order valence-electron chi connectivity index (χ0n) is 14.6. The highest BCUT2D eigenvalue weighted by atomic mass is 32.2. The van der Waals surface area contributed by atoms with E-state index in [0.717, 1.165) is 0 Å². The van der Waals surface area contributed by atoms with E-state index in [4.69, 9.17) is 4.52 Å². The van der Waals surface area contributed by atoms with Crippen molar-refractivity contribution in [1.82, 2.24) is 14.6 Å². The van der Waals surface area contributed by atoms with Gasteiger partial charge in [-0.15, -0.1) is 0 Å². The van der Waals surface area contributed by atoms with Crippen LogP contribution in [0.1, 0.15) is 37.0 Å². The van der Waals surface area contributed by atoms with Crippen LogP contribution in [0.4, 0.5) is 5.88 Å². The van der Waals surface area contributed by atoms with Crippen LogP contribution in [0.5, 0.6) is 0 Å². The zero-order chi connectivity index (χ0) is 18.3. The molecule has 2 rings (SSSR count). The first-order valence-corrected chi connectivity index (χ1v) is 8.78. The van der Waals surface area contributed by atoms with Crippen LogP contribution in [0.15, 0.2) is 27.7 Å². The van der Waals surface area contributed by atoms with Crippen LogP contribution in [0.25, 0.3) is 0 Å². The van der Waals surface area contributed by atoms with Gasteiger partial charge in [-0.2, -0.15) is 0 Å². The maximum atomic E-state index is 12.5. The van der Waals surface area contributed by atoms with E-state index < -0.39 is 10.0 Å². The van der Waals surface area contributed by atoms with Gasteiger partial charge < -0.3 is 14.0 Å². The van der Waals surface area contributed by atoms with E-state index in [0.29, 0.717) is 5.69 Å². The minimum absolute atomic E-state index is 0.0242. The lowest BCUT2D eigenvalue weighted by molar-refractivity contribution is 0.0818. The van der Waals surface area contributed by atoms with Crippen molar-refractivity contribution in [2.24, 2.45) is 7.05 Å². The van der Waals surface area contributed by atoms with Gasteiger partial charge in [-0.05, 0) is 6.07 Å². The fourth-order valence-electron chi connectivity index (χ4n) is 1.99. The van der Waals surface area contributed by atoms with Crippen molar-refractivity contribution in [3.63, 3.8) is 0 Å². The summed E-state index contributed by atoms with van der Waals surface area (Å²) in [5.41, 5.74) is 0.649. The first kappa shape index (κ1) is 18.1. The molecule has 0 unspecified atom stereocenters. The Labute approximate surface area is 141 Å². The second-order valence-electron chi connectivity index (χ2n) is 6.80. The third-order valence-corrected chi connectivity index (χ3v) is 4.74. The second-order valence-corrected chi connectivity index (χ2v) is 8.49. The molecule has 0 spiro atoms. The molecule has 0 atom stereocenters. The standard InChI is InChI=1S/C15H22N4O4S/c1-15(2,3)12-8-13(23-16-12)17-24(21,22)10-7-11(19(6)9-10)14(20)18(4)5/h7-9,17H,1-6H3. The van der Waals surface area contributed by atoms with Gasteiger partial charge >= 0.3 is 0 Å². The van der Waals surface area contributed by atoms with E-state index in [-0.39, 0.29) is 27.8 Å². The monoisotopic (exact) mass is 354 g/mol. The lowest BCUT2D eigenvalue weighted by Crippen LogP contribution is -2.23. The molecule has 0 aliphatic carbocycles. The van der Waals surface area contributed by atoms with Gasteiger partial charge in [0.1, 0.15) is 10.6 Å². The van der Waals surface area contributed by atoms with Crippen molar-refractivity contribution >= 4 is 21.8 Å². The smallest absolute Gasteiger partial charge is 0.269 e. The third-order valence-electron chi connectivity index (χ3n) is 3.43. The maximum absolute atomic E-state index is 12.5. The van der Waals surface area contributed by atoms with Gasteiger partial charge in [0.25, 0.3) is 15.9 Å². The molecule has 2 heterocycles. The first-order valence-electron chi connectivity index (χ1n) is 7.30. The molecule has 0 fully saturated rings. The summed E-state index contributed by atoms with van der Waals surface area (Å²) in [5, 5.41) is 3.87. The molecule has 0 bridgehead atoms. The van der Waals surface area contributed by atoms with Crippen molar-refractivity contribution < 1.29 is 17.7 Å². The topological polar surface area (TPSA) is 97.4 Å². The molecule has 1 N–H and O–H groups in total. The summed E-state index contributed by atoms with van der Waals surface area (Å²) >= 11 is 0. The largest absolute Gasteiger partial charge is 0.345 e. The minimum Gasteiger partial charge on any atom is -0.345 e. The highest BCUT2D eigenvalue weighted by Gasteiger charge is 2.24. The third kappa shape index (κ3) is 3.61. The molecule has 2 aromatic rings. The van der Waals surface area contributed by atoms with Gasteiger partial charge in [-0.3, -0.25) is 4.79 Å². The Kier molecular flexibility index (Phi) is 4.49. The first-order chi connectivity index (χ1) is 10.9. The molecular weight excluding hydrogens is 332 g/mol. The summed E-state index contributed by atoms with van der Waals surface area (Å²) in [5.74, 6) is -0.252. The molecule has 0 aliphatic heterocycles. The molecule has 2 aromatic heterocycles. The van der Waals surface area contributed by atoms with Gasteiger partial charge in [0.05, 0.1) is 5.69 Å². The fraction of sp³-hybridized carbons (Fsp3) is 0.467. The molecule has 8 nitrogen and oxygen atoms in total. The number of amides is 1. The summed E-state index contributed by atoms with van der Waals surface area (Å²) in [7, 11) is 0.934. The number of sulfonamides is 1. The SMILES string of the molecule is CN(C)C(=O)c1cc(S(=O)(=O)Nc2cc(C(C)(C)C)no2)cn1C. The number of anilines is 1. The average molecular weight is 354 g/mol. The van der Waals surface area contributed by atoms with Crippen LogP contribution in [0, 0.1) is 0 Å². The van der Waals surface area contributed by atoms with Crippen molar-refractivity contribution in [3.8, 4) is 0 Å². The highest BCUT2D eigenvalue weighted by molar-refractivity contribution is 7.92. The molecule has 0 saturated carbocycles. The number of aryl methyl sites for hydroxylation is 1. The quantitative estimate of drug-likeness (QED) is 0.903. The van der Waals surface area contributed by atoms with E-state index in [1.54, 1.807) is 27.2 Å². The molecule has 24 heavy (non-hydrogen) atoms. The van der Waals surface area contributed by atoms with Crippen molar-refractivity contribution in [3.05, 3.63) is 29.7 Å². The van der Waals surface area contributed by atoms with Crippen LogP contribution >= 0.6 is 0 Å². The summed E-state index contributed by atoms with van der Waals surface area (Å²) in [6.45, 7) is 5.83. The molecule has 132 valence electrons. The average Bonchev–Trinajstić information content (AvgIpc) is 3.03. The molecule has 1 amide bonds. The van der Waals surface area contributed by atoms with Gasteiger partial charge in [-0.25, -0.2) is 13.1 Å². The Morgan fingerprint density at radius 1 is 1.29 bits per heavy atom. The molecule has 0 saturated heterocycles. The highest BCUT2D eigenvalue weighted by Crippen LogP contribution is 2.25. The van der Waals surface area contributed by atoms with Gasteiger partial charge in [-0.1, -0.05) is 25.9 Å². The number of nitrogens with one attached hydrogen (secondary N) is 1. The number of rotatable bonds is 4. The Balaban J connectivity index is 2.30. The number of carbonyl (C=O) groups excluding carboxylic acids is 1. The molecule has 9 heteroatoms. The lowest BCUT2D eigenvalue weighted by Gasteiger charge is -2.12. The van der Waals surface area contributed by atoms with Crippen molar-refractivity contribution in [2.45, 2.75) is 31.1 Å². The number of nitrogens with zero attached hydrogens (tertiary/aromatic N) is 3. The zero-order valence-corrected chi connectivity index (χ0v) is 15.4. The van der Waals surface area contributed by atoms with Crippen LogP contribution in [0.3, 0.4) is 0 Å². The Morgan fingerprint density at radius 3 is 2.42 bits per heavy atom. The van der Waals surface area contributed by atoms with Crippen LogP contribution in [0.2, 0.25) is 0 Å². The summed E-state index contributed by atoms with van der Waals surface area (Å²) in [4.78, 5) is 13.4. The number of carbonyl (C=O) groups is 1. The maximum Gasteiger partial charge on any atom is 0.269 e. The van der Waals surface area contributed by atoms with Gasteiger partial charge in [0, 0.05) is 38.8 Å². The normalized spacial score (nSPS) is 12.2. The number of hydrogen-bond donors (Lipinski definition) is 1. The van der Waals surface area contributed by atoms with E-state index in [1.807, 2.05) is 20.8 Å². The molecule has 0 radical (unpaired) electrons. The Morgan fingerprint density at radius 2 is 1.92 bits per heavy atom. The minimum atomic E-state index is -3.88.